The van der Waals surface area contributed by atoms with Crippen LogP contribution in [0.4, 0.5) is 5.69 Å². The Balaban J connectivity index is 2.40. The molecule has 1 rings (SSSR count). The second-order valence-corrected chi connectivity index (χ2v) is 4.25. The number of benzene rings is 1. The number of carbonyl (C=O) groups excluding carboxylic acids is 2. The monoisotopic (exact) mass is 280 g/mol. The third kappa shape index (κ3) is 5.71. The summed E-state index contributed by atoms with van der Waals surface area (Å²) in [5.41, 5.74) is 0.681. The van der Waals surface area contributed by atoms with Crippen LogP contribution in [0.1, 0.15) is 6.92 Å². The van der Waals surface area contributed by atoms with Crippen LogP contribution in [0.25, 0.3) is 0 Å². The standard InChI is InChI=1S/C14H20N2O4/c1-4-20-14(18)10-16(2)9-13(17)15-11-5-7-12(19-3)8-6-11/h5-8H,4,9-10H2,1-3H3,(H,15,17). The Labute approximate surface area is 118 Å². The second-order valence-electron chi connectivity index (χ2n) is 4.25. The number of likely N-dealkylation sites (N-methyl/N-ethyl adjacent to an activating group) is 1. The number of nitrogens with zero attached hydrogens (tertiary/aromatic N) is 1. The number of nitrogens with one attached hydrogen (secondary N) is 1. The van der Waals surface area contributed by atoms with E-state index in [1.807, 2.05) is 0 Å². The van der Waals surface area contributed by atoms with Gasteiger partial charge in [0.25, 0.3) is 0 Å². The number of hydrogen-bond donors (Lipinski definition) is 1. The summed E-state index contributed by atoms with van der Waals surface area (Å²) in [6.07, 6.45) is 0. The quantitative estimate of drug-likeness (QED) is 0.758. The van der Waals surface area contributed by atoms with E-state index in [0.29, 0.717) is 12.3 Å². The molecular formula is C14H20N2O4. The van der Waals surface area contributed by atoms with Crippen LogP contribution in [0, 0.1) is 0 Å². The first-order valence-electron chi connectivity index (χ1n) is 6.33. The molecule has 0 fully saturated rings. The zero-order valence-corrected chi connectivity index (χ0v) is 12.0. The van der Waals surface area contributed by atoms with Crippen molar-refractivity contribution in [2.45, 2.75) is 6.92 Å². The lowest BCUT2D eigenvalue weighted by atomic mass is 10.3. The number of hydrogen-bond acceptors (Lipinski definition) is 5. The van der Waals surface area contributed by atoms with Crippen molar-refractivity contribution < 1.29 is 19.1 Å². The molecule has 0 atom stereocenters. The molecule has 0 aliphatic rings. The Morgan fingerprint density at radius 2 is 1.85 bits per heavy atom. The zero-order valence-electron chi connectivity index (χ0n) is 12.0. The molecule has 6 nitrogen and oxygen atoms in total. The van der Waals surface area contributed by atoms with E-state index in [1.54, 1.807) is 50.2 Å². The van der Waals surface area contributed by atoms with Crippen molar-refractivity contribution in [2.24, 2.45) is 0 Å². The first kappa shape index (κ1) is 16.0. The summed E-state index contributed by atoms with van der Waals surface area (Å²) in [4.78, 5) is 24.6. The summed E-state index contributed by atoms with van der Waals surface area (Å²) in [5, 5.41) is 2.74. The highest BCUT2D eigenvalue weighted by Crippen LogP contribution is 2.14. The molecule has 20 heavy (non-hydrogen) atoms. The fourth-order valence-corrected chi connectivity index (χ4v) is 1.60. The number of esters is 1. The molecule has 1 aromatic carbocycles. The summed E-state index contributed by atoms with van der Waals surface area (Å²) >= 11 is 0. The van der Waals surface area contributed by atoms with Crippen molar-refractivity contribution in [2.75, 3.05) is 39.2 Å². The molecule has 0 unspecified atom stereocenters. The van der Waals surface area contributed by atoms with Gasteiger partial charge in [-0.05, 0) is 38.2 Å². The van der Waals surface area contributed by atoms with Crippen molar-refractivity contribution in [3.05, 3.63) is 24.3 Å². The minimum atomic E-state index is -0.341. The summed E-state index contributed by atoms with van der Waals surface area (Å²) in [5.74, 6) is 0.191. The number of amides is 1. The van der Waals surface area contributed by atoms with Crippen molar-refractivity contribution in [3.8, 4) is 5.75 Å². The maximum absolute atomic E-state index is 11.8. The van der Waals surface area contributed by atoms with Crippen molar-refractivity contribution >= 4 is 17.6 Å². The van der Waals surface area contributed by atoms with Gasteiger partial charge in [0.05, 0.1) is 26.8 Å². The Morgan fingerprint density at radius 1 is 1.20 bits per heavy atom. The van der Waals surface area contributed by atoms with Gasteiger partial charge in [-0.15, -0.1) is 0 Å². The minimum Gasteiger partial charge on any atom is -0.497 e. The van der Waals surface area contributed by atoms with Crippen LogP contribution in [0.5, 0.6) is 5.75 Å². The van der Waals surface area contributed by atoms with E-state index in [0.717, 1.165) is 5.75 Å². The third-order valence-electron chi connectivity index (χ3n) is 2.49. The summed E-state index contributed by atoms with van der Waals surface area (Å²) in [6.45, 7) is 2.29. The largest absolute Gasteiger partial charge is 0.497 e. The summed E-state index contributed by atoms with van der Waals surface area (Å²) in [6, 6.07) is 7.03. The molecule has 6 heteroatoms. The normalized spacial score (nSPS) is 10.2. The smallest absolute Gasteiger partial charge is 0.320 e. The van der Waals surface area contributed by atoms with Crippen LogP contribution < -0.4 is 10.1 Å². The zero-order chi connectivity index (χ0) is 15.0. The van der Waals surface area contributed by atoms with Gasteiger partial charge in [0.2, 0.25) is 5.91 Å². The van der Waals surface area contributed by atoms with Gasteiger partial charge >= 0.3 is 5.97 Å². The molecule has 0 heterocycles. The molecule has 0 spiro atoms. The van der Waals surface area contributed by atoms with E-state index in [4.69, 9.17) is 9.47 Å². The van der Waals surface area contributed by atoms with Crippen LogP contribution in [0.15, 0.2) is 24.3 Å². The van der Waals surface area contributed by atoms with E-state index >= 15 is 0 Å². The molecule has 0 radical (unpaired) electrons. The van der Waals surface area contributed by atoms with Gasteiger partial charge in [-0.2, -0.15) is 0 Å². The Kier molecular flexibility index (Phi) is 6.52. The van der Waals surface area contributed by atoms with Crippen molar-refractivity contribution in [3.63, 3.8) is 0 Å². The molecule has 110 valence electrons. The lowest BCUT2D eigenvalue weighted by molar-refractivity contribution is -0.144. The van der Waals surface area contributed by atoms with E-state index in [2.05, 4.69) is 5.32 Å². The topological polar surface area (TPSA) is 67.9 Å². The Bertz CT molecular complexity index is 445. The maximum atomic E-state index is 11.8. The van der Waals surface area contributed by atoms with Gasteiger partial charge in [-0.3, -0.25) is 14.5 Å². The first-order valence-corrected chi connectivity index (χ1v) is 6.33. The molecule has 0 aliphatic carbocycles. The van der Waals surface area contributed by atoms with E-state index in [1.165, 1.54) is 0 Å². The predicted molar refractivity (Wildman–Crippen MR) is 75.8 cm³/mol. The average molecular weight is 280 g/mol. The van der Waals surface area contributed by atoms with E-state index in [-0.39, 0.29) is 25.0 Å². The molecule has 0 bridgehead atoms. The predicted octanol–water partition coefficient (Wildman–Crippen LogP) is 1.13. The third-order valence-corrected chi connectivity index (χ3v) is 2.49. The van der Waals surface area contributed by atoms with Gasteiger partial charge in [0, 0.05) is 5.69 Å². The molecule has 0 aromatic heterocycles. The lowest BCUT2D eigenvalue weighted by Crippen LogP contribution is -2.34. The highest BCUT2D eigenvalue weighted by atomic mass is 16.5. The van der Waals surface area contributed by atoms with Crippen LogP contribution in [0.2, 0.25) is 0 Å². The SMILES string of the molecule is CCOC(=O)CN(C)CC(=O)Nc1ccc(OC)cc1. The van der Waals surface area contributed by atoms with E-state index in [9.17, 15) is 9.59 Å². The molecule has 0 saturated carbocycles. The summed E-state index contributed by atoms with van der Waals surface area (Å²) < 4.78 is 9.84. The Morgan fingerprint density at radius 3 is 2.40 bits per heavy atom. The fraction of sp³-hybridized carbons (Fsp3) is 0.429. The Hall–Kier alpha value is -2.08. The highest BCUT2D eigenvalue weighted by molar-refractivity contribution is 5.92. The fourth-order valence-electron chi connectivity index (χ4n) is 1.60. The maximum Gasteiger partial charge on any atom is 0.320 e. The lowest BCUT2D eigenvalue weighted by Gasteiger charge is -2.15. The van der Waals surface area contributed by atoms with Gasteiger partial charge in [0.15, 0.2) is 0 Å². The molecule has 1 aromatic rings. The van der Waals surface area contributed by atoms with Gasteiger partial charge in [-0.25, -0.2) is 0 Å². The summed E-state index contributed by atoms with van der Waals surface area (Å²) in [7, 11) is 3.27. The average Bonchev–Trinajstić information content (AvgIpc) is 2.39. The van der Waals surface area contributed by atoms with Crippen LogP contribution in [0.3, 0.4) is 0 Å². The van der Waals surface area contributed by atoms with Crippen molar-refractivity contribution in [1.29, 1.82) is 0 Å². The van der Waals surface area contributed by atoms with Crippen LogP contribution in [-0.2, 0) is 14.3 Å². The molecule has 0 saturated heterocycles. The number of carbonyl (C=O) groups is 2. The van der Waals surface area contributed by atoms with Crippen LogP contribution in [-0.4, -0.2) is 50.6 Å². The number of ether oxygens (including phenoxy) is 2. The number of anilines is 1. The second kappa shape index (κ2) is 8.16. The minimum absolute atomic E-state index is 0.0872. The van der Waals surface area contributed by atoms with Gasteiger partial charge in [0.1, 0.15) is 5.75 Å². The molecule has 0 aliphatic heterocycles. The molecular weight excluding hydrogens is 260 g/mol. The van der Waals surface area contributed by atoms with Gasteiger partial charge < -0.3 is 14.8 Å². The molecule has 1 amide bonds. The van der Waals surface area contributed by atoms with Gasteiger partial charge in [-0.1, -0.05) is 0 Å². The highest BCUT2D eigenvalue weighted by Gasteiger charge is 2.11. The first-order chi connectivity index (χ1) is 9.55. The van der Waals surface area contributed by atoms with Crippen molar-refractivity contribution in [1.82, 2.24) is 4.90 Å². The van der Waals surface area contributed by atoms with E-state index < -0.39 is 0 Å². The number of rotatable bonds is 7. The van der Waals surface area contributed by atoms with Crippen LogP contribution >= 0.6 is 0 Å². The molecule has 1 N–H and O–H groups in total. The number of methoxy groups -OCH3 is 1.